The molecule has 46 heavy (non-hydrogen) atoms. The number of fused-ring (bicyclic) bond motifs is 2. The molecule has 14 atom stereocenters. The first-order chi connectivity index (χ1) is 21.6. The summed E-state index contributed by atoms with van der Waals surface area (Å²) >= 11 is 0. The van der Waals surface area contributed by atoms with E-state index < -0.39 is 95.0 Å². The average Bonchev–Trinajstić information content (AvgIpc) is 3.48. The van der Waals surface area contributed by atoms with Gasteiger partial charge in [-0.3, -0.25) is 9.59 Å². The fraction of sp³-hybridized carbons (Fsp3) is 0.781. The van der Waals surface area contributed by atoms with E-state index in [1.165, 1.54) is 12.5 Å². The van der Waals surface area contributed by atoms with Crippen molar-refractivity contribution in [3.05, 3.63) is 24.2 Å². The van der Waals surface area contributed by atoms with Gasteiger partial charge in [-0.2, -0.15) is 0 Å². The monoisotopic (exact) mass is 650 g/mol. The van der Waals surface area contributed by atoms with Crippen molar-refractivity contribution in [2.24, 2.45) is 28.1 Å². The molecule has 254 valence electrons. The molecule has 7 rings (SSSR count). The fourth-order valence-electron chi connectivity index (χ4n) is 10.5. The van der Waals surface area contributed by atoms with E-state index in [0.717, 1.165) is 0 Å². The van der Waals surface area contributed by atoms with Crippen molar-refractivity contribution >= 4 is 17.7 Å². The minimum Gasteiger partial charge on any atom is -0.479 e. The van der Waals surface area contributed by atoms with Gasteiger partial charge in [-0.05, 0) is 45.6 Å². The third-order valence-electron chi connectivity index (χ3n) is 12.6. The molecule has 0 unspecified atom stereocenters. The lowest BCUT2D eigenvalue weighted by molar-refractivity contribution is -0.328. The Kier molecular flexibility index (Phi) is 7.19. The second-order valence-electron chi connectivity index (χ2n) is 14.9. The summed E-state index contributed by atoms with van der Waals surface area (Å²) in [4.78, 5) is 40.1. The average molecular weight is 651 g/mol. The number of ether oxygens (including phenoxy) is 5. The standard InChI is InChI=1S/C32H42O14/c1-28(2)17-9-18(34)30(4)16(31(17)13-42-20(35)10-19(31)45-28)5-7-29(3,32(30)25(46-32)26(39)40)24(14-6-8-41-12-14)44-27-23(38)22(37)21(36)15(11-33)43-27/h6,8,12,15-17,19,21-25,27,33,36-38H,5,7,9-11,13H2,1-4H3,(H,39,40)/t15-,16+,17-,19-,21-,22+,23-,24-,25+,27+,29-,30-,31+,32+/m0/s1. The molecule has 0 bridgehead atoms. The minimum atomic E-state index is -1.74. The summed E-state index contributed by atoms with van der Waals surface area (Å²) in [7, 11) is 0. The van der Waals surface area contributed by atoms with Crippen molar-refractivity contribution in [2.75, 3.05) is 13.2 Å². The number of furan rings is 1. The van der Waals surface area contributed by atoms with Crippen LogP contribution < -0.4 is 0 Å². The van der Waals surface area contributed by atoms with Crippen LogP contribution in [0.3, 0.4) is 0 Å². The van der Waals surface area contributed by atoms with Gasteiger partial charge in [-0.1, -0.05) is 6.92 Å². The second-order valence-corrected chi connectivity index (χ2v) is 14.9. The smallest absolute Gasteiger partial charge is 0.335 e. The quantitative estimate of drug-likeness (QED) is 0.209. The zero-order valence-electron chi connectivity index (χ0n) is 26.2. The fourth-order valence-corrected chi connectivity index (χ4v) is 10.5. The number of hydrogen-bond acceptors (Lipinski definition) is 13. The van der Waals surface area contributed by atoms with Crippen molar-refractivity contribution in [2.45, 2.75) is 114 Å². The molecule has 1 aromatic heterocycles. The normalized spacial score (nSPS) is 49.9. The molecule has 0 radical (unpaired) electrons. The van der Waals surface area contributed by atoms with Gasteiger partial charge in [0.2, 0.25) is 0 Å². The summed E-state index contributed by atoms with van der Waals surface area (Å²) in [6, 6.07) is 1.61. The van der Waals surface area contributed by atoms with Gasteiger partial charge in [0.1, 0.15) is 42.4 Å². The molecule has 0 aromatic carbocycles. The molecule has 4 saturated heterocycles. The number of carbonyl (C=O) groups is 3. The highest BCUT2D eigenvalue weighted by Crippen LogP contribution is 2.78. The second kappa shape index (κ2) is 10.3. The number of epoxide rings is 1. The predicted molar refractivity (Wildman–Crippen MR) is 151 cm³/mol. The van der Waals surface area contributed by atoms with E-state index in [1.54, 1.807) is 19.9 Å². The number of esters is 1. The summed E-state index contributed by atoms with van der Waals surface area (Å²) in [5, 5.41) is 52.1. The summed E-state index contributed by atoms with van der Waals surface area (Å²) in [5.74, 6) is -2.60. The first-order valence-electron chi connectivity index (χ1n) is 15.9. The number of carbonyl (C=O) groups excluding carboxylic acids is 2. The van der Waals surface area contributed by atoms with Crippen LogP contribution in [0.2, 0.25) is 0 Å². The van der Waals surface area contributed by atoms with Crippen LogP contribution in [0.25, 0.3) is 0 Å². The Labute approximate surface area is 264 Å². The molecular weight excluding hydrogens is 608 g/mol. The Balaban J connectivity index is 1.35. The van der Waals surface area contributed by atoms with Crippen LogP contribution in [-0.2, 0) is 38.1 Å². The van der Waals surface area contributed by atoms with E-state index in [9.17, 15) is 39.9 Å². The van der Waals surface area contributed by atoms with Crippen molar-refractivity contribution in [1.29, 1.82) is 0 Å². The number of aliphatic hydroxyl groups excluding tert-OH is 4. The molecule has 6 aliphatic rings. The van der Waals surface area contributed by atoms with E-state index in [2.05, 4.69) is 0 Å². The molecule has 1 aromatic rings. The number of cyclic esters (lactones) is 1. The lowest BCUT2D eigenvalue weighted by Gasteiger charge is -2.64. The predicted octanol–water partition coefficient (Wildman–Crippen LogP) is 0.482. The Morgan fingerprint density at radius 1 is 1.04 bits per heavy atom. The lowest BCUT2D eigenvalue weighted by atomic mass is 9.37. The van der Waals surface area contributed by atoms with Crippen molar-refractivity contribution in [3.8, 4) is 0 Å². The van der Waals surface area contributed by atoms with Crippen LogP contribution in [0.15, 0.2) is 23.0 Å². The molecule has 5 N–H and O–H groups in total. The van der Waals surface area contributed by atoms with E-state index in [0.29, 0.717) is 12.0 Å². The van der Waals surface area contributed by atoms with Crippen LogP contribution in [0.5, 0.6) is 0 Å². The topological polar surface area (TPSA) is 215 Å². The Morgan fingerprint density at radius 2 is 1.78 bits per heavy atom. The number of rotatable bonds is 6. The Morgan fingerprint density at radius 3 is 2.41 bits per heavy atom. The van der Waals surface area contributed by atoms with Gasteiger partial charge in [0, 0.05) is 28.7 Å². The summed E-state index contributed by atoms with van der Waals surface area (Å²) in [6.45, 7) is 6.73. The van der Waals surface area contributed by atoms with E-state index in [4.69, 9.17) is 28.1 Å². The van der Waals surface area contributed by atoms with E-state index in [-0.39, 0.29) is 43.5 Å². The largest absolute Gasteiger partial charge is 0.479 e. The van der Waals surface area contributed by atoms with Crippen LogP contribution in [0.1, 0.15) is 65.0 Å². The summed E-state index contributed by atoms with van der Waals surface area (Å²) in [6.07, 6.45) is -7.39. The third kappa shape index (κ3) is 3.89. The van der Waals surface area contributed by atoms with Crippen molar-refractivity contribution < 1.29 is 68.0 Å². The first-order valence-corrected chi connectivity index (χ1v) is 15.9. The number of carboxylic acids is 1. The van der Waals surface area contributed by atoms with Gasteiger partial charge < -0.3 is 53.6 Å². The zero-order valence-corrected chi connectivity index (χ0v) is 26.2. The lowest BCUT2D eigenvalue weighted by Crippen LogP contribution is -2.72. The molecule has 5 heterocycles. The maximum absolute atomic E-state index is 14.7. The Hall–Kier alpha value is -2.43. The van der Waals surface area contributed by atoms with E-state index >= 15 is 0 Å². The van der Waals surface area contributed by atoms with Gasteiger partial charge in [0.25, 0.3) is 0 Å². The zero-order chi connectivity index (χ0) is 33.2. The van der Waals surface area contributed by atoms with Crippen molar-refractivity contribution in [1.82, 2.24) is 0 Å². The maximum Gasteiger partial charge on any atom is 0.335 e. The van der Waals surface area contributed by atoms with Gasteiger partial charge >= 0.3 is 11.9 Å². The number of aliphatic carboxylic acids is 1. The highest BCUT2D eigenvalue weighted by molar-refractivity contribution is 5.92. The van der Waals surface area contributed by atoms with Crippen LogP contribution in [0, 0.1) is 28.1 Å². The number of aliphatic hydroxyl groups is 4. The molecule has 0 amide bonds. The highest BCUT2D eigenvalue weighted by Gasteiger charge is 2.88. The molecule has 2 aliphatic carbocycles. The summed E-state index contributed by atoms with van der Waals surface area (Å²) < 4.78 is 36.1. The minimum absolute atomic E-state index is 0.0199. The van der Waals surface area contributed by atoms with Gasteiger partial charge in [-0.15, -0.1) is 0 Å². The van der Waals surface area contributed by atoms with Gasteiger partial charge in [-0.25, -0.2) is 4.79 Å². The number of ketones is 1. The van der Waals surface area contributed by atoms with Crippen LogP contribution in [-0.4, -0.2) is 111 Å². The SMILES string of the molecule is CC1(C)O[C@H]2CC(=O)OC[C@@]23[C@H]1CC(=O)[C@]1(C)[C@H]3CC[C@@](C)([C@@H](O[C@H]2O[C@@H](CO)[C@H](O)[C@@H](O)[C@@H]2O)c2ccoc2)[C@@]12O[C@@H]2C(=O)O. The molecule has 4 aliphatic heterocycles. The number of carboxylic acid groups (broad SMARTS) is 1. The first kappa shape index (κ1) is 32.1. The summed E-state index contributed by atoms with van der Waals surface area (Å²) in [5.41, 5.74) is -5.40. The Bertz CT molecular complexity index is 1410. The highest BCUT2D eigenvalue weighted by atomic mass is 16.7. The molecule has 2 spiro atoms. The molecule has 6 fully saturated rings. The van der Waals surface area contributed by atoms with Crippen LogP contribution >= 0.6 is 0 Å². The molecule has 2 saturated carbocycles. The number of Topliss-reactive ketones (excluding diaryl/α,β-unsaturated/α-hetero) is 1. The third-order valence-corrected chi connectivity index (χ3v) is 12.6. The van der Waals surface area contributed by atoms with E-state index in [1.807, 2.05) is 13.8 Å². The number of hydrogen-bond donors (Lipinski definition) is 5. The molecule has 14 nitrogen and oxygen atoms in total. The van der Waals surface area contributed by atoms with Gasteiger partial charge in [0.05, 0.1) is 48.8 Å². The molecular formula is C32H42O14. The van der Waals surface area contributed by atoms with Gasteiger partial charge in [0.15, 0.2) is 12.4 Å². The van der Waals surface area contributed by atoms with Crippen LogP contribution in [0.4, 0.5) is 0 Å². The van der Waals surface area contributed by atoms with Crippen molar-refractivity contribution in [3.63, 3.8) is 0 Å². The maximum atomic E-state index is 14.7. The molecule has 14 heteroatoms.